The molecule has 1 rings (SSSR count). The SMILES string of the molecule is NC(C=C=O)c1cscn1. The van der Waals surface area contributed by atoms with Crippen molar-refractivity contribution in [2.45, 2.75) is 6.04 Å². The van der Waals surface area contributed by atoms with Gasteiger partial charge in [-0.05, 0) is 0 Å². The normalized spacial score (nSPS) is 12.1. The van der Waals surface area contributed by atoms with Crippen LogP contribution in [0.5, 0.6) is 0 Å². The van der Waals surface area contributed by atoms with E-state index in [0.717, 1.165) is 0 Å². The minimum absolute atomic E-state index is 0.399. The summed E-state index contributed by atoms with van der Waals surface area (Å²) in [5.74, 6) is 1.62. The van der Waals surface area contributed by atoms with E-state index in [-0.39, 0.29) is 0 Å². The quantitative estimate of drug-likeness (QED) is 0.632. The Hall–Kier alpha value is -0.960. The van der Waals surface area contributed by atoms with Crippen molar-refractivity contribution in [1.82, 2.24) is 4.98 Å². The number of aromatic nitrogens is 1. The molecule has 1 unspecified atom stereocenters. The number of hydrogen-bond acceptors (Lipinski definition) is 4. The average Bonchev–Trinajstić information content (AvgIpc) is 2.38. The van der Waals surface area contributed by atoms with E-state index in [1.165, 1.54) is 17.4 Å². The second-order valence-electron chi connectivity index (χ2n) is 1.72. The number of hydrogen-bond donors (Lipinski definition) is 1. The Bertz CT molecular complexity index is 238. The van der Waals surface area contributed by atoms with Gasteiger partial charge in [-0.15, -0.1) is 11.3 Å². The largest absolute Gasteiger partial charge is 0.319 e. The van der Waals surface area contributed by atoms with Crippen LogP contribution in [0.3, 0.4) is 0 Å². The maximum atomic E-state index is 9.83. The van der Waals surface area contributed by atoms with Crippen LogP contribution in [0.25, 0.3) is 0 Å². The molecule has 10 heavy (non-hydrogen) atoms. The van der Waals surface area contributed by atoms with Crippen LogP contribution in [-0.2, 0) is 4.79 Å². The highest BCUT2D eigenvalue weighted by molar-refractivity contribution is 7.07. The molecule has 0 aliphatic rings. The Balaban J connectivity index is 2.76. The van der Waals surface area contributed by atoms with Crippen LogP contribution >= 0.6 is 11.3 Å². The summed E-state index contributed by atoms with van der Waals surface area (Å²) in [5, 5.41) is 1.80. The van der Waals surface area contributed by atoms with Gasteiger partial charge in [-0.2, -0.15) is 0 Å². The third kappa shape index (κ3) is 1.51. The summed E-state index contributed by atoms with van der Waals surface area (Å²) in [6.45, 7) is 0. The molecule has 0 spiro atoms. The van der Waals surface area contributed by atoms with Crippen LogP contribution in [0, 0.1) is 0 Å². The number of thiazole rings is 1. The Morgan fingerprint density at radius 1 is 1.90 bits per heavy atom. The van der Waals surface area contributed by atoms with Crippen molar-refractivity contribution in [1.29, 1.82) is 0 Å². The molecule has 1 atom stereocenters. The Kier molecular flexibility index (Phi) is 2.34. The van der Waals surface area contributed by atoms with Crippen molar-refractivity contribution in [2.75, 3.05) is 0 Å². The molecule has 0 aliphatic carbocycles. The molecule has 2 N–H and O–H groups in total. The number of carbonyl (C=O) groups excluding carboxylic acids is 1. The van der Waals surface area contributed by atoms with Crippen molar-refractivity contribution in [3.8, 4) is 0 Å². The maximum absolute atomic E-state index is 9.83. The van der Waals surface area contributed by atoms with Gasteiger partial charge in [-0.1, -0.05) is 0 Å². The van der Waals surface area contributed by atoms with Crippen LogP contribution in [0.2, 0.25) is 0 Å². The monoisotopic (exact) mass is 154 g/mol. The Morgan fingerprint density at radius 3 is 3.20 bits per heavy atom. The number of nitrogens with two attached hydrogens (primary N) is 1. The van der Waals surface area contributed by atoms with Gasteiger partial charge in [-0.25, -0.2) is 9.78 Å². The van der Waals surface area contributed by atoms with Crippen molar-refractivity contribution in [3.63, 3.8) is 0 Å². The molecular formula is C6H6N2OS. The summed E-state index contributed by atoms with van der Waals surface area (Å²) in [6, 6.07) is -0.399. The molecule has 4 heteroatoms. The topological polar surface area (TPSA) is 56.0 Å². The second-order valence-corrected chi connectivity index (χ2v) is 2.44. The molecule has 1 aromatic heterocycles. The van der Waals surface area contributed by atoms with Crippen LogP contribution < -0.4 is 5.73 Å². The first kappa shape index (κ1) is 7.15. The highest BCUT2D eigenvalue weighted by Crippen LogP contribution is 2.09. The van der Waals surface area contributed by atoms with Crippen LogP contribution in [-0.4, -0.2) is 10.9 Å². The van der Waals surface area contributed by atoms with Crippen LogP contribution in [0.15, 0.2) is 17.0 Å². The lowest BCUT2D eigenvalue weighted by Gasteiger charge is -1.96. The first-order valence-electron chi connectivity index (χ1n) is 2.69. The summed E-state index contributed by atoms with van der Waals surface area (Å²) in [7, 11) is 0. The smallest absolute Gasteiger partial charge is 0.122 e. The first-order chi connectivity index (χ1) is 4.84. The molecule has 1 heterocycles. The molecule has 3 nitrogen and oxygen atoms in total. The van der Waals surface area contributed by atoms with Crippen molar-refractivity contribution >= 4 is 17.3 Å². The molecule has 0 saturated carbocycles. The fourth-order valence-electron chi connectivity index (χ4n) is 0.545. The zero-order valence-corrected chi connectivity index (χ0v) is 5.97. The summed E-state index contributed by atoms with van der Waals surface area (Å²) in [6.07, 6.45) is 1.25. The fraction of sp³-hybridized carbons (Fsp3) is 0.167. The van der Waals surface area contributed by atoms with Gasteiger partial charge in [0.25, 0.3) is 0 Å². The molecular weight excluding hydrogens is 148 g/mol. The minimum atomic E-state index is -0.399. The lowest BCUT2D eigenvalue weighted by atomic mass is 10.2. The van der Waals surface area contributed by atoms with E-state index >= 15 is 0 Å². The summed E-state index contributed by atoms with van der Waals surface area (Å²) >= 11 is 1.45. The van der Waals surface area contributed by atoms with E-state index in [2.05, 4.69) is 4.98 Å². The van der Waals surface area contributed by atoms with E-state index in [9.17, 15) is 4.79 Å². The number of nitrogens with zero attached hydrogens (tertiary/aromatic N) is 1. The maximum Gasteiger partial charge on any atom is 0.122 e. The molecule has 0 aromatic carbocycles. The third-order valence-corrected chi connectivity index (χ3v) is 1.65. The standard InChI is InChI=1S/C6H6N2OS/c7-5(1-2-9)6-3-10-4-8-6/h1,3-5H,7H2. The summed E-state index contributed by atoms with van der Waals surface area (Å²) in [5.41, 5.74) is 7.87. The van der Waals surface area contributed by atoms with Gasteiger partial charge in [0.15, 0.2) is 0 Å². The van der Waals surface area contributed by atoms with Crippen molar-refractivity contribution in [2.24, 2.45) is 5.73 Å². The van der Waals surface area contributed by atoms with Gasteiger partial charge >= 0.3 is 0 Å². The first-order valence-corrected chi connectivity index (χ1v) is 3.63. The predicted octanol–water partition coefficient (Wildman–Crippen LogP) is 0.531. The average molecular weight is 154 g/mol. The van der Waals surface area contributed by atoms with E-state index < -0.39 is 6.04 Å². The minimum Gasteiger partial charge on any atom is -0.319 e. The zero-order valence-electron chi connectivity index (χ0n) is 5.15. The molecule has 0 radical (unpaired) electrons. The van der Waals surface area contributed by atoms with Gasteiger partial charge < -0.3 is 5.73 Å². The fourth-order valence-corrected chi connectivity index (χ4v) is 1.15. The molecule has 0 saturated heterocycles. The van der Waals surface area contributed by atoms with Crippen molar-refractivity contribution in [3.05, 3.63) is 22.7 Å². The highest BCUT2D eigenvalue weighted by atomic mass is 32.1. The van der Waals surface area contributed by atoms with Crippen LogP contribution in [0.4, 0.5) is 0 Å². The van der Waals surface area contributed by atoms with Gasteiger partial charge in [0.05, 0.1) is 17.2 Å². The van der Waals surface area contributed by atoms with E-state index in [4.69, 9.17) is 5.73 Å². The predicted molar refractivity (Wildman–Crippen MR) is 39.3 cm³/mol. The van der Waals surface area contributed by atoms with E-state index in [1.807, 2.05) is 0 Å². The molecule has 0 fully saturated rings. The van der Waals surface area contributed by atoms with Gasteiger partial charge in [0, 0.05) is 11.5 Å². The molecule has 0 bridgehead atoms. The molecule has 1 aromatic rings. The Morgan fingerprint density at radius 2 is 2.70 bits per heavy atom. The zero-order chi connectivity index (χ0) is 7.40. The lowest BCUT2D eigenvalue weighted by Crippen LogP contribution is -2.06. The number of rotatable bonds is 2. The molecule has 0 amide bonds. The molecule has 52 valence electrons. The van der Waals surface area contributed by atoms with Crippen LogP contribution in [0.1, 0.15) is 11.7 Å². The summed E-state index contributed by atoms with van der Waals surface area (Å²) in [4.78, 5) is 13.7. The van der Waals surface area contributed by atoms with Gasteiger partial charge in [0.1, 0.15) is 5.94 Å². The van der Waals surface area contributed by atoms with Gasteiger partial charge in [0.2, 0.25) is 0 Å². The second kappa shape index (κ2) is 3.27. The highest BCUT2D eigenvalue weighted by Gasteiger charge is 2.02. The summed E-state index contributed by atoms with van der Waals surface area (Å²) < 4.78 is 0. The Labute approximate surface area is 62.2 Å². The third-order valence-electron chi connectivity index (χ3n) is 1.04. The molecule has 0 aliphatic heterocycles. The van der Waals surface area contributed by atoms with Gasteiger partial charge in [-0.3, -0.25) is 0 Å². The van der Waals surface area contributed by atoms with Crippen molar-refractivity contribution < 1.29 is 4.79 Å². The van der Waals surface area contributed by atoms with E-state index in [1.54, 1.807) is 16.8 Å². The van der Waals surface area contributed by atoms with E-state index in [0.29, 0.717) is 5.69 Å². The lowest BCUT2D eigenvalue weighted by molar-refractivity contribution is 0.567.